The van der Waals surface area contributed by atoms with Gasteiger partial charge in [-0.05, 0) is 25.1 Å². The highest BCUT2D eigenvalue weighted by atomic mass is 16.5. The van der Waals surface area contributed by atoms with E-state index in [-0.39, 0.29) is 6.04 Å². The molecule has 0 aliphatic heterocycles. The summed E-state index contributed by atoms with van der Waals surface area (Å²) in [7, 11) is 3.29. The lowest BCUT2D eigenvalue weighted by Crippen LogP contribution is -2.29. The van der Waals surface area contributed by atoms with E-state index in [9.17, 15) is 0 Å². The van der Waals surface area contributed by atoms with Crippen LogP contribution in [0, 0.1) is 0 Å². The van der Waals surface area contributed by atoms with E-state index in [2.05, 4.69) is 11.9 Å². The minimum absolute atomic E-state index is 0.0201. The first-order valence-corrected chi connectivity index (χ1v) is 5.92. The molecule has 1 rings (SSSR count). The van der Waals surface area contributed by atoms with Crippen molar-refractivity contribution in [2.24, 2.45) is 5.73 Å². The predicted molar refractivity (Wildman–Crippen MR) is 74.2 cm³/mol. The first kappa shape index (κ1) is 14.5. The SMILES string of the molecule is C=C(C)CNC(CN)c1cc(OC)ccc1OC. The van der Waals surface area contributed by atoms with Crippen molar-refractivity contribution in [2.75, 3.05) is 27.3 Å². The third kappa shape index (κ3) is 3.75. The van der Waals surface area contributed by atoms with Crippen molar-refractivity contribution in [1.82, 2.24) is 5.32 Å². The Morgan fingerprint density at radius 1 is 1.39 bits per heavy atom. The van der Waals surface area contributed by atoms with Crippen LogP contribution in [0.5, 0.6) is 11.5 Å². The lowest BCUT2D eigenvalue weighted by Gasteiger charge is -2.20. The molecule has 0 saturated carbocycles. The summed E-state index contributed by atoms with van der Waals surface area (Å²) in [5.41, 5.74) is 7.88. The highest BCUT2D eigenvalue weighted by Gasteiger charge is 2.15. The van der Waals surface area contributed by atoms with Gasteiger partial charge in [-0.15, -0.1) is 0 Å². The molecule has 100 valence electrons. The van der Waals surface area contributed by atoms with Gasteiger partial charge >= 0.3 is 0 Å². The number of nitrogens with one attached hydrogen (secondary N) is 1. The Morgan fingerprint density at radius 3 is 2.61 bits per heavy atom. The number of ether oxygens (including phenoxy) is 2. The Morgan fingerprint density at radius 2 is 2.11 bits per heavy atom. The highest BCUT2D eigenvalue weighted by Crippen LogP contribution is 2.28. The van der Waals surface area contributed by atoms with Crippen LogP contribution in [0.15, 0.2) is 30.4 Å². The zero-order chi connectivity index (χ0) is 13.5. The molecule has 0 aromatic heterocycles. The molecule has 18 heavy (non-hydrogen) atoms. The second kappa shape index (κ2) is 7.03. The van der Waals surface area contributed by atoms with E-state index < -0.39 is 0 Å². The molecule has 0 radical (unpaired) electrons. The Labute approximate surface area is 109 Å². The Bertz CT molecular complexity index is 405. The lowest BCUT2D eigenvalue weighted by molar-refractivity contribution is 0.391. The van der Waals surface area contributed by atoms with Gasteiger partial charge in [0.05, 0.1) is 14.2 Å². The van der Waals surface area contributed by atoms with Crippen molar-refractivity contribution in [2.45, 2.75) is 13.0 Å². The Kier molecular flexibility index (Phi) is 5.68. The largest absolute Gasteiger partial charge is 0.497 e. The smallest absolute Gasteiger partial charge is 0.123 e. The molecule has 3 N–H and O–H groups in total. The summed E-state index contributed by atoms with van der Waals surface area (Å²) >= 11 is 0. The number of nitrogens with two attached hydrogens (primary N) is 1. The molecule has 0 saturated heterocycles. The summed E-state index contributed by atoms with van der Waals surface area (Å²) in [5.74, 6) is 1.60. The monoisotopic (exact) mass is 250 g/mol. The fourth-order valence-electron chi connectivity index (χ4n) is 1.73. The zero-order valence-electron chi connectivity index (χ0n) is 11.3. The second-order valence-corrected chi connectivity index (χ2v) is 4.23. The molecule has 0 fully saturated rings. The third-order valence-electron chi connectivity index (χ3n) is 2.70. The van der Waals surface area contributed by atoms with Gasteiger partial charge in [0, 0.05) is 24.7 Å². The van der Waals surface area contributed by atoms with Crippen LogP contribution in [-0.4, -0.2) is 27.3 Å². The maximum absolute atomic E-state index is 5.82. The first-order chi connectivity index (χ1) is 8.62. The van der Waals surface area contributed by atoms with Crippen molar-refractivity contribution >= 4 is 0 Å². The minimum Gasteiger partial charge on any atom is -0.497 e. The van der Waals surface area contributed by atoms with Crippen molar-refractivity contribution in [3.63, 3.8) is 0 Å². The fraction of sp³-hybridized carbons (Fsp3) is 0.429. The summed E-state index contributed by atoms with van der Waals surface area (Å²) in [4.78, 5) is 0. The summed E-state index contributed by atoms with van der Waals surface area (Å²) in [6.45, 7) is 7.06. The quantitative estimate of drug-likeness (QED) is 0.725. The normalized spacial score (nSPS) is 12.0. The molecule has 1 aromatic carbocycles. The molecular formula is C14H22N2O2. The van der Waals surface area contributed by atoms with Crippen LogP contribution in [0.2, 0.25) is 0 Å². The highest BCUT2D eigenvalue weighted by molar-refractivity contribution is 5.42. The van der Waals surface area contributed by atoms with Crippen molar-refractivity contribution in [3.05, 3.63) is 35.9 Å². The van der Waals surface area contributed by atoms with Gasteiger partial charge in [0.15, 0.2) is 0 Å². The van der Waals surface area contributed by atoms with Crippen LogP contribution in [0.1, 0.15) is 18.5 Å². The molecular weight excluding hydrogens is 228 g/mol. The van der Waals surface area contributed by atoms with E-state index in [1.165, 1.54) is 0 Å². The molecule has 0 aliphatic carbocycles. The number of hydrogen-bond acceptors (Lipinski definition) is 4. The van der Waals surface area contributed by atoms with Gasteiger partial charge < -0.3 is 20.5 Å². The van der Waals surface area contributed by atoms with Crippen LogP contribution >= 0.6 is 0 Å². The first-order valence-electron chi connectivity index (χ1n) is 5.92. The predicted octanol–water partition coefficient (Wildman–Crippen LogP) is 1.87. The van der Waals surface area contributed by atoms with Crippen LogP contribution in [0.25, 0.3) is 0 Å². The molecule has 0 bridgehead atoms. The van der Waals surface area contributed by atoms with Gasteiger partial charge in [-0.1, -0.05) is 12.2 Å². The topological polar surface area (TPSA) is 56.5 Å². The number of hydrogen-bond donors (Lipinski definition) is 2. The second-order valence-electron chi connectivity index (χ2n) is 4.23. The third-order valence-corrected chi connectivity index (χ3v) is 2.70. The molecule has 0 aliphatic rings. The maximum Gasteiger partial charge on any atom is 0.123 e. The van der Waals surface area contributed by atoms with Crippen LogP contribution < -0.4 is 20.5 Å². The number of benzene rings is 1. The Hall–Kier alpha value is -1.52. The fourth-order valence-corrected chi connectivity index (χ4v) is 1.73. The van der Waals surface area contributed by atoms with Crippen LogP contribution in [0.3, 0.4) is 0 Å². The zero-order valence-corrected chi connectivity index (χ0v) is 11.3. The van der Waals surface area contributed by atoms with E-state index in [0.717, 1.165) is 29.2 Å². The van der Waals surface area contributed by atoms with E-state index >= 15 is 0 Å². The molecule has 1 aromatic rings. The van der Waals surface area contributed by atoms with E-state index in [4.69, 9.17) is 15.2 Å². The van der Waals surface area contributed by atoms with Gasteiger partial charge in [-0.25, -0.2) is 0 Å². The van der Waals surface area contributed by atoms with Crippen LogP contribution in [-0.2, 0) is 0 Å². The summed E-state index contributed by atoms with van der Waals surface area (Å²) in [5, 5.41) is 3.35. The molecule has 1 unspecified atom stereocenters. The van der Waals surface area contributed by atoms with Gasteiger partial charge in [-0.3, -0.25) is 0 Å². The summed E-state index contributed by atoms with van der Waals surface area (Å²) in [6, 6.07) is 5.72. The van der Waals surface area contributed by atoms with Gasteiger partial charge in [0.1, 0.15) is 11.5 Å². The minimum atomic E-state index is 0.0201. The Balaban J connectivity index is 2.97. The summed E-state index contributed by atoms with van der Waals surface area (Å²) < 4.78 is 10.6. The van der Waals surface area contributed by atoms with Gasteiger partial charge in [0.25, 0.3) is 0 Å². The molecule has 0 amide bonds. The molecule has 0 spiro atoms. The van der Waals surface area contributed by atoms with Gasteiger partial charge in [-0.2, -0.15) is 0 Å². The van der Waals surface area contributed by atoms with E-state index in [1.54, 1.807) is 14.2 Å². The van der Waals surface area contributed by atoms with E-state index in [1.807, 2.05) is 25.1 Å². The average Bonchev–Trinajstić information content (AvgIpc) is 2.38. The van der Waals surface area contributed by atoms with Gasteiger partial charge in [0.2, 0.25) is 0 Å². The van der Waals surface area contributed by atoms with Crippen LogP contribution in [0.4, 0.5) is 0 Å². The number of rotatable bonds is 7. The molecule has 4 heteroatoms. The molecule has 4 nitrogen and oxygen atoms in total. The lowest BCUT2D eigenvalue weighted by atomic mass is 10.0. The van der Waals surface area contributed by atoms with Crippen molar-refractivity contribution < 1.29 is 9.47 Å². The molecule has 0 heterocycles. The standard InChI is InChI=1S/C14H22N2O2/c1-10(2)9-16-13(8-15)12-7-11(17-3)5-6-14(12)18-4/h5-7,13,16H,1,8-9,15H2,2-4H3. The maximum atomic E-state index is 5.82. The average molecular weight is 250 g/mol. The summed E-state index contributed by atoms with van der Waals surface area (Å²) in [6.07, 6.45) is 0. The van der Waals surface area contributed by atoms with Crippen molar-refractivity contribution in [1.29, 1.82) is 0 Å². The van der Waals surface area contributed by atoms with E-state index in [0.29, 0.717) is 6.54 Å². The molecule has 1 atom stereocenters. The van der Waals surface area contributed by atoms with Crippen molar-refractivity contribution in [3.8, 4) is 11.5 Å². The number of methoxy groups -OCH3 is 2.